The highest BCUT2D eigenvalue weighted by atomic mass is 32.2. The van der Waals surface area contributed by atoms with Crippen molar-refractivity contribution in [2.45, 2.75) is 5.85 Å². The Labute approximate surface area is 106 Å². The Balaban J connectivity index is 2.91. The highest BCUT2D eigenvalue weighted by Crippen LogP contribution is 2.54. The van der Waals surface area contributed by atoms with E-state index < -0.39 is 29.5 Å². The Morgan fingerprint density at radius 1 is 1.33 bits per heavy atom. The molecule has 1 aromatic rings. The Morgan fingerprint density at radius 3 is 2.28 bits per heavy atom. The van der Waals surface area contributed by atoms with Gasteiger partial charge in [0.15, 0.2) is 5.85 Å². The number of nitrogens with zero attached hydrogens (tertiary/aromatic N) is 1. The molecule has 1 aromatic carbocycles. The van der Waals surface area contributed by atoms with Crippen LogP contribution in [-0.4, -0.2) is 42.3 Å². The molecule has 0 bridgehead atoms. The van der Waals surface area contributed by atoms with Gasteiger partial charge in [0.2, 0.25) is 17.4 Å². The van der Waals surface area contributed by atoms with E-state index in [1.54, 1.807) is 18.2 Å². The fraction of sp³-hybridized carbons (Fsp3) is 0.400. The van der Waals surface area contributed by atoms with Gasteiger partial charge in [0.05, 0.1) is 12.5 Å². The molecule has 0 aliphatic rings. The van der Waals surface area contributed by atoms with E-state index >= 15 is 0 Å². The summed E-state index contributed by atoms with van der Waals surface area (Å²) in [5, 5.41) is 9.83. The van der Waals surface area contributed by atoms with Crippen molar-refractivity contribution in [2.24, 2.45) is 0 Å². The van der Waals surface area contributed by atoms with E-state index in [1.807, 2.05) is 0 Å². The van der Waals surface area contributed by atoms with Crippen LogP contribution in [0.4, 0.5) is 0 Å². The maximum absolute atomic E-state index is 12.0. The standard InChI is InChI=1S/C10H16NO5PS/c1-11(18(2,15)16)8-17(13,14)10(12)9-6-4-3-5-7-9/h3-7,10,12H,8H2,1-2H3,(H,13,14)/t10-/m0/s1. The van der Waals surface area contributed by atoms with E-state index in [1.165, 1.54) is 19.2 Å². The highest BCUT2D eigenvalue weighted by Gasteiger charge is 2.33. The quantitative estimate of drug-likeness (QED) is 0.783. The minimum Gasteiger partial charge on any atom is -0.378 e. The molecular formula is C10H16NO5PS. The predicted molar refractivity (Wildman–Crippen MR) is 68.7 cm³/mol. The van der Waals surface area contributed by atoms with Gasteiger partial charge in [-0.2, -0.15) is 4.31 Å². The zero-order chi connectivity index (χ0) is 14.0. The summed E-state index contributed by atoms with van der Waals surface area (Å²) < 4.78 is 35.1. The smallest absolute Gasteiger partial charge is 0.247 e. The van der Waals surface area contributed by atoms with E-state index in [0.717, 1.165) is 10.6 Å². The summed E-state index contributed by atoms with van der Waals surface area (Å²) in [5.74, 6) is -1.59. The van der Waals surface area contributed by atoms with Crippen LogP contribution in [0.25, 0.3) is 0 Å². The molecule has 6 nitrogen and oxygen atoms in total. The summed E-state index contributed by atoms with van der Waals surface area (Å²) >= 11 is 0. The molecule has 0 heterocycles. The SMILES string of the molecule is CN(CP(=O)(O)[C@H](O)c1ccccc1)S(C)(=O)=O. The zero-order valence-corrected chi connectivity index (χ0v) is 11.8. The number of aliphatic hydroxyl groups is 1. The second-order valence-corrected chi connectivity index (χ2v) is 8.41. The highest BCUT2D eigenvalue weighted by molar-refractivity contribution is 7.88. The Hall–Kier alpha value is -0.720. The van der Waals surface area contributed by atoms with Crippen molar-refractivity contribution in [3.63, 3.8) is 0 Å². The average Bonchev–Trinajstić information content (AvgIpc) is 2.27. The molecule has 0 spiro atoms. The van der Waals surface area contributed by atoms with Crippen molar-refractivity contribution in [2.75, 3.05) is 19.6 Å². The Bertz CT molecular complexity index is 545. The third-order valence-corrected chi connectivity index (χ3v) is 5.79. The maximum Gasteiger partial charge on any atom is 0.247 e. The van der Waals surface area contributed by atoms with Gasteiger partial charge in [-0.05, 0) is 5.56 Å². The van der Waals surface area contributed by atoms with Crippen molar-refractivity contribution < 1.29 is 23.0 Å². The topological polar surface area (TPSA) is 94.9 Å². The van der Waals surface area contributed by atoms with E-state index in [-0.39, 0.29) is 5.56 Å². The molecule has 18 heavy (non-hydrogen) atoms. The van der Waals surface area contributed by atoms with Crippen molar-refractivity contribution in [3.05, 3.63) is 35.9 Å². The van der Waals surface area contributed by atoms with Crippen LogP contribution in [0.15, 0.2) is 30.3 Å². The predicted octanol–water partition coefficient (Wildman–Crippen LogP) is 0.797. The molecule has 0 amide bonds. The number of sulfonamides is 1. The number of hydrogen-bond acceptors (Lipinski definition) is 4. The van der Waals surface area contributed by atoms with Crippen LogP contribution in [0.1, 0.15) is 11.4 Å². The van der Waals surface area contributed by atoms with Crippen LogP contribution in [0, 0.1) is 0 Å². The molecule has 0 aromatic heterocycles. The lowest BCUT2D eigenvalue weighted by atomic mass is 10.2. The fourth-order valence-electron chi connectivity index (χ4n) is 1.33. The minimum atomic E-state index is -4.06. The fourth-order valence-corrected chi connectivity index (χ4v) is 4.02. The summed E-state index contributed by atoms with van der Waals surface area (Å²) in [6.45, 7) is 0. The van der Waals surface area contributed by atoms with Gasteiger partial charge in [-0.1, -0.05) is 30.3 Å². The third-order valence-electron chi connectivity index (χ3n) is 2.45. The second-order valence-electron chi connectivity index (χ2n) is 4.04. The Morgan fingerprint density at radius 2 is 1.83 bits per heavy atom. The van der Waals surface area contributed by atoms with Crippen molar-refractivity contribution in [1.82, 2.24) is 4.31 Å². The van der Waals surface area contributed by atoms with Gasteiger partial charge < -0.3 is 10.00 Å². The van der Waals surface area contributed by atoms with Crippen molar-refractivity contribution in [1.29, 1.82) is 0 Å². The summed E-state index contributed by atoms with van der Waals surface area (Å²) in [4.78, 5) is 9.77. The molecule has 0 aliphatic carbocycles. The molecule has 0 aliphatic heterocycles. The maximum atomic E-state index is 12.0. The minimum absolute atomic E-state index is 0.283. The lowest BCUT2D eigenvalue weighted by Gasteiger charge is -2.22. The van der Waals surface area contributed by atoms with E-state index in [9.17, 15) is 23.0 Å². The van der Waals surface area contributed by atoms with Crippen molar-refractivity contribution >= 4 is 17.4 Å². The molecule has 2 atom stereocenters. The van der Waals surface area contributed by atoms with Gasteiger partial charge in [0, 0.05) is 7.05 Å². The van der Waals surface area contributed by atoms with E-state index in [4.69, 9.17) is 0 Å². The van der Waals surface area contributed by atoms with Crippen molar-refractivity contribution in [3.8, 4) is 0 Å². The average molecular weight is 293 g/mol. The van der Waals surface area contributed by atoms with E-state index in [0.29, 0.717) is 0 Å². The van der Waals surface area contributed by atoms with Gasteiger partial charge in [0.1, 0.15) is 0 Å². The number of benzene rings is 1. The normalized spacial score (nSPS) is 17.4. The zero-order valence-electron chi connectivity index (χ0n) is 10.1. The molecule has 1 unspecified atom stereocenters. The van der Waals surface area contributed by atoms with Crippen LogP contribution in [-0.2, 0) is 14.6 Å². The first-order chi connectivity index (χ1) is 8.14. The molecule has 2 N–H and O–H groups in total. The summed E-state index contributed by atoms with van der Waals surface area (Å²) in [6, 6.07) is 7.97. The largest absolute Gasteiger partial charge is 0.378 e. The van der Waals surface area contributed by atoms with Gasteiger partial charge in [-0.25, -0.2) is 8.42 Å². The van der Waals surface area contributed by atoms with E-state index in [2.05, 4.69) is 0 Å². The summed E-state index contributed by atoms with van der Waals surface area (Å²) in [6.07, 6.45) is 0.309. The van der Waals surface area contributed by atoms with Gasteiger partial charge in [0.25, 0.3) is 0 Å². The lowest BCUT2D eigenvalue weighted by Crippen LogP contribution is -2.27. The van der Waals surface area contributed by atoms with Crippen LogP contribution in [0.3, 0.4) is 0 Å². The van der Waals surface area contributed by atoms with Crippen LogP contribution >= 0.6 is 7.37 Å². The lowest BCUT2D eigenvalue weighted by molar-refractivity contribution is 0.231. The molecule has 0 saturated heterocycles. The summed E-state index contributed by atoms with van der Waals surface area (Å²) in [7, 11) is -6.43. The first-order valence-corrected chi connectivity index (χ1v) is 8.86. The number of aliphatic hydroxyl groups excluding tert-OH is 1. The first kappa shape index (κ1) is 15.3. The molecule has 8 heteroatoms. The van der Waals surface area contributed by atoms with Gasteiger partial charge in [-0.3, -0.25) is 4.57 Å². The third kappa shape index (κ3) is 3.90. The van der Waals surface area contributed by atoms with Crippen LogP contribution in [0.2, 0.25) is 0 Å². The van der Waals surface area contributed by atoms with Gasteiger partial charge in [-0.15, -0.1) is 0 Å². The molecular weight excluding hydrogens is 277 g/mol. The molecule has 102 valence electrons. The molecule has 0 fully saturated rings. The number of hydrogen-bond donors (Lipinski definition) is 2. The van der Waals surface area contributed by atoms with Crippen LogP contribution < -0.4 is 0 Å². The Kier molecular flexibility index (Phi) is 4.69. The summed E-state index contributed by atoms with van der Waals surface area (Å²) in [5.41, 5.74) is 0.283. The molecule has 0 saturated carbocycles. The number of rotatable bonds is 5. The monoisotopic (exact) mass is 293 g/mol. The van der Waals surface area contributed by atoms with Crippen LogP contribution in [0.5, 0.6) is 0 Å². The molecule has 1 rings (SSSR count). The van der Waals surface area contributed by atoms with Gasteiger partial charge >= 0.3 is 0 Å². The second kappa shape index (κ2) is 5.50. The molecule has 0 radical (unpaired) electrons. The first-order valence-electron chi connectivity index (χ1n) is 5.10.